The van der Waals surface area contributed by atoms with Crippen molar-refractivity contribution in [2.75, 3.05) is 25.0 Å². The van der Waals surface area contributed by atoms with E-state index in [2.05, 4.69) is 36.0 Å². The smallest absolute Gasteiger partial charge is 0.326 e. The van der Waals surface area contributed by atoms with Crippen LogP contribution < -0.4 is 11.1 Å². The standard InChI is InChI=1S/C14H26N4O2S/c1-4-18(5-2)8-6-7-10(3)16-14-17-11(9-21-14)12(15)13(19)20/h9-10,12H,4-8,15H2,1-3H3,(H,16,17)(H,19,20). The van der Waals surface area contributed by atoms with Crippen molar-refractivity contribution in [1.82, 2.24) is 9.88 Å². The molecule has 0 spiro atoms. The lowest BCUT2D eigenvalue weighted by atomic mass is 10.2. The summed E-state index contributed by atoms with van der Waals surface area (Å²) in [6.07, 6.45) is 2.18. The Kier molecular flexibility index (Phi) is 7.63. The predicted molar refractivity (Wildman–Crippen MR) is 86.8 cm³/mol. The van der Waals surface area contributed by atoms with Crippen LogP contribution >= 0.6 is 11.3 Å². The van der Waals surface area contributed by atoms with Crippen molar-refractivity contribution in [2.45, 2.75) is 45.7 Å². The van der Waals surface area contributed by atoms with E-state index in [4.69, 9.17) is 10.8 Å². The first-order valence-electron chi connectivity index (χ1n) is 7.40. The quantitative estimate of drug-likeness (QED) is 0.613. The molecule has 120 valence electrons. The number of nitrogens with zero attached hydrogens (tertiary/aromatic N) is 2. The molecule has 1 rings (SSSR count). The maximum Gasteiger partial charge on any atom is 0.326 e. The molecule has 21 heavy (non-hydrogen) atoms. The van der Waals surface area contributed by atoms with Crippen molar-refractivity contribution >= 4 is 22.4 Å². The highest BCUT2D eigenvalue weighted by Crippen LogP contribution is 2.21. The average molecular weight is 314 g/mol. The van der Waals surface area contributed by atoms with E-state index in [0.717, 1.165) is 37.6 Å². The van der Waals surface area contributed by atoms with Crippen molar-refractivity contribution in [3.05, 3.63) is 11.1 Å². The summed E-state index contributed by atoms with van der Waals surface area (Å²) in [6, 6.07) is -0.740. The number of aromatic nitrogens is 1. The molecule has 0 aliphatic rings. The number of carbonyl (C=O) groups is 1. The topological polar surface area (TPSA) is 91.5 Å². The summed E-state index contributed by atoms with van der Waals surface area (Å²) in [5.41, 5.74) is 5.95. The first kappa shape index (κ1) is 17.9. The van der Waals surface area contributed by atoms with Crippen molar-refractivity contribution in [3.63, 3.8) is 0 Å². The maximum atomic E-state index is 10.8. The number of nitrogens with one attached hydrogen (secondary N) is 1. The summed E-state index contributed by atoms with van der Waals surface area (Å²) in [6.45, 7) is 9.73. The number of aliphatic carboxylic acids is 1. The van der Waals surface area contributed by atoms with Gasteiger partial charge < -0.3 is 21.1 Å². The average Bonchev–Trinajstić information content (AvgIpc) is 2.91. The van der Waals surface area contributed by atoms with Gasteiger partial charge in [0.05, 0.1) is 5.69 Å². The van der Waals surface area contributed by atoms with Crippen LogP contribution in [0.4, 0.5) is 5.13 Å². The van der Waals surface area contributed by atoms with Crippen LogP contribution in [0.1, 0.15) is 45.3 Å². The number of nitrogens with two attached hydrogens (primary N) is 1. The molecule has 0 radical (unpaired) electrons. The SMILES string of the molecule is CCN(CC)CCCC(C)Nc1nc(C(N)C(=O)O)cs1. The van der Waals surface area contributed by atoms with Crippen LogP contribution in [-0.4, -0.2) is 46.6 Å². The summed E-state index contributed by atoms with van der Waals surface area (Å²) in [5.74, 6) is -1.06. The molecule has 0 aliphatic heterocycles. The molecular weight excluding hydrogens is 288 g/mol. The van der Waals surface area contributed by atoms with E-state index in [0.29, 0.717) is 11.7 Å². The van der Waals surface area contributed by atoms with Gasteiger partial charge in [0, 0.05) is 11.4 Å². The summed E-state index contributed by atoms with van der Waals surface area (Å²) in [7, 11) is 0. The third-order valence-corrected chi connectivity index (χ3v) is 4.27. The number of thiazole rings is 1. The molecule has 6 nitrogen and oxygen atoms in total. The normalized spacial score (nSPS) is 14.1. The Morgan fingerprint density at radius 3 is 2.76 bits per heavy atom. The third-order valence-electron chi connectivity index (χ3n) is 3.48. The van der Waals surface area contributed by atoms with Gasteiger partial charge in [-0.3, -0.25) is 4.79 Å². The van der Waals surface area contributed by atoms with Crippen molar-refractivity contribution in [1.29, 1.82) is 0 Å². The van der Waals surface area contributed by atoms with E-state index in [1.807, 2.05) is 0 Å². The minimum atomic E-state index is -1.06. The molecule has 0 aliphatic carbocycles. The Morgan fingerprint density at radius 1 is 1.52 bits per heavy atom. The Bertz CT molecular complexity index is 434. The molecule has 0 saturated carbocycles. The van der Waals surface area contributed by atoms with Gasteiger partial charge in [0.2, 0.25) is 0 Å². The molecule has 7 heteroatoms. The van der Waals surface area contributed by atoms with Crippen LogP contribution in [0, 0.1) is 0 Å². The molecule has 0 amide bonds. The second-order valence-electron chi connectivity index (χ2n) is 5.11. The Hall–Kier alpha value is -1.18. The zero-order valence-corrected chi connectivity index (χ0v) is 13.8. The maximum absolute atomic E-state index is 10.8. The van der Waals surface area contributed by atoms with Crippen LogP contribution in [0.2, 0.25) is 0 Å². The minimum absolute atomic E-state index is 0.306. The first-order valence-corrected chi connectivity index (χ1v) is 8.28. The van der Waals surface area contributed by atoms with Crippen molar-refractivity contribution < 1.29 is 9.90 Å². The largest absolute Gasteiger partial charge is 0.480 e. The second kappa shape index (κ2) is 8.96. The van der Waals surface area contributed by atoms with E-state index < -0.39 is 12.0 Å². The van der Waals surface area contributed by atoms with E-state index >= 15 is 0 Å². The molecule has 0 fully saturated rings. The van der Waals surface area contributed by atoms with E-state index in [1.54, 1.807) is 5.38 Å². The van der Waals surface area contributed by atoms with Gasteiger partial charge in [-0.2, -0.15) is 0 Å². The molecule has 0 aromatic carbocycles. The lowest BCUT2D eigenvalue weighted by Crippen LogP contribution is -2.25. The van der Waals surface area contributed by atoms with E-state index in [1.165, 1.54) is 11.3 Å². The number of rotatable bonds is 10. The monoisotopic (exact) mass is 314 g/mol. The molecule has 1 aromatic rings. The predicted octanol–water partition coefficient (Wildman–Crippen LogP) is 2.15. The second-order valence-corrected chi connectivity index (χ2v) is 5.97. The highest BCUT2D eigenvalue weighted by Gasteiger charge is 2.18. The first-order chi connectivity index (χ1) is 9.97. The van der Waals surface area contributed by atoms with Gasteiger partial charge in [-0.1, -0.05) is 13.8 Å². The molecule has 1 heterocycles. The zero-order chi connectivity index (χ0) is 15.8. The Morgan fingerprint density at radius 2 is 2.19 bits per heavy atom. The van der Waals surface area contributed by atoms with Crippen molar-refractivity contribution in [2.24, 2.45) is 5.73 Å². The summed E-state index contributed by atoms with van der Waals surface area (Å²) in [4.78, 5) is 17.4. The minimum Gasteiger partial charge on any atom is -0.480 e. The van der Waals surface area contributed by atoms with Gasteiger partial charge in [-0.15, -0.1) is 11.3 Å². The van der Waals surface area contributed by atoms with Crippen LogP contribution in [0.15, 0.2) is 5.38 Å². The fourth-order valence-corrected chi connectivity index (χ4v) is 2.92. The van der Waals surface area contributed by atoms with Crippen molar-refractivity contribution in [3.8, 4) is 0 Å². The number of carboxylic acid groups (broad SMARTS) is 1. The van der Waals surface area contributed by atoms with Gasteiger partial charge in [0.25, 0.3) is 0 Å². The van der Waals surface area contributed by atoms with Crippen LogP contribution in [0.3, 0.4) is 0 Å². The van der Waals surface area contributed by atoms with Gasteiger partial charge >= 0.3 is 5.97 Å². The van der Waals surface area contributed by atoms with E-state index in [9.17, 15) is 4.79 Å². The van der Waals surface area contributed by atoms with Crippen LogP contribution in [0.5, 0.6) is 0 Å². The molecule has 2 unspecified atom stereocenters. The molecule has 1 aromatic heterocycles. The number of hydrogen-bond donors (Lipinski definition) is 3. The Balaban J connectivity index is 2.38. The van der Waals surface area contributed by atoms with E-state index in [-0.39, 0.29) is 0 Å². The molecule has 4 N–H and O–H groups in total. The molecule has 0 bridgehead atoms. The highest BCUT2D eigenvalue weighted by molar-refractivity contribution is 7.13. The van der Waals surface area contributed by atoms with Gasteiger partial charge in [-0.05, 0) is 39.4 Å². The van der Waals surface area contributed by atoms with Gasteiger partial charge in [0.1, 0.15) is 6.04 Å². The lowest BCUT2D eigenvalue weighted by molar-refractivity contribution is -0.138. The summed E-state index contributed by atoms with van der Waals surface area (Å²) in [5, 5.41) is 14.6. The van der Waals surface area contributed by atoms with Crippen LogP contribution in [0.25, 0.3) is 0 Å². The number of carboxylic acids is 1. The molecule has 0 saturated heterocycles. The highest BCUT2D eigenvalue weighted by atomic mass is 32.1. The number of anilines is 1. The van der Waals surface area contributed by atoms with Gasteiger partial charge in [0.15, 0.2) is 5.13 Å². The van der Waals surface area contributed by atoms with Crippen LogP contribution in [-0.2, 0) is 4.79 Å². The van der Waals surface area contributed by atoms with Gasteiger partial charge in [-0.25, -0.2) is 4.98 Å². The lowest BCUT2D eigenvalue weighted by Gasteiger charge is -2.19. The molecular formula is C14H26N4O2S. The fraction of sp³-hybridized carbons (Fsp3) is 0.714. The fourth-order valence-electron chi connectivity index (χ4n) is 2.07. The Labute approximate surface area is 130 Å². The number of hydrogen-bond acceptors (Lipinski definition) is 6. The summed E-state index contributed by atoms with van der Waals surface area (Å²) < 4.78 is 0. The molecule has 2 atom stereocenters. The zero-order valence-electron chi connectivity index (χ0n) is 13.0. The third kappa shape index (κ3) is 5.99. The summed E-state index contributed by atoms with van der Waals surface area (Å²) >= 11 is 1.40.